The number of rotatable bonds is 4. The van der Waals surface area contributed by atoms with Gasteiger partial charge in [0.15, 0.2) is 0 Å². The van der Waals surface area contributed by atoms with E-state index >= 15 is 0 Å². The molecule has 4 rings (SSSR count). The zero-order chi connectivity index (χ0) is 22.1. The molecule has 2 amide bonds. The van der Waals surface area contributed by atoms with Crippen LogP contribution in [0.15, 0.2) is 42.5 Å². The number of nitro benzene ring substituents is 1. The molecule has 2 fully saturated rings. The number of amides is 2. The van der Waals surface area contributed by atoms with E-state index < -0.39 is 4.92 Å². The number of benzene rings is 2. The van der Waals surface area contributed by atoms with Crippen LogP contribution in [0.25, 0.3) is 0 Å². The van der Waals surface area contributed by atoms with Gasteiger partial charge in [0.1, 0.15) is 0 Å². The number of piperazine rings is 1. The van der Waals surface area contributed by atoms with Crippen LogP contribution in [0.4, 0.5) is 17.1 Å². The third kappa shape index (κ3) is 4.23. The molecule has 2 aromatic carbocycles. The van der Waals surface area contributed by atoms with Gasteiger partial charge in [-0.3, -0.25) is 19.7 Å². The Bertz CT molecular complexity index is 1010. The number of hydrogen-bond donors (Lipinski definition) is 0. The molecule has 2 heterocycles. The lowest BCUT2D eigenvalue weighted by atomic mass is 10.1. The van der Waals surface area contributed by atoms with Crippen molar-refractivity contribution in [1.29, 1.82) is 0 Å². The van der Waals surface area contributed by atoms with E-state index in [1.807, 2.05) is 36.9 Å². The first-order valence-electron chi connectivity index (χ1n) is 10.5. The number of carbonyl (C=O) groups is 2. The molecule has 0 aromatic heterocycles. The molecule has 0 bridgehead atoms. The van der Waals surface area contributed by atoms with E-state index in [4.69, 9.17) is 0 Å². The number of aryl methyl sites for hydroxylation is 2. The van der Waals surface area contributed by atoms with Crippen LogP contribution in [0, 0.1) is 29.9 Å². The predicted octanol–water partition coefficient (Wildman–Crippen LogP) is 2.91. The van der Waals surface area contributed by atoms with Crippen molar-refractivity contribution >= 4 is 28.9 Å². The largest absolute Gasteiger partial charge is 0.368 e. The number of carbonyl (C=O) groups excluding carboxylic acids is 2. The first-order valence-corrected chi connectivity index (χ1v) is 10.5. The van der Waals surface area contributed by atoms with Gasteiger partial charge in [0.25, 0.3) is 5.69 Å². The highest BCUT2D eigenvalue weighted by atomic mass is 16.6. The average molecular weight is 422 g/mol. The second kappa shape index (κ2) is 8.37. The van der Waals surface area contributed by atoms with E-state index in [1.54, 1.807) is 17.0 Å². The summed E-state index contributed by atoms with van der Waals surface area (Å²) in [6.45, 7) is 6.86. The van der Waals surface area contributed by atoms with Crippen molar-refractivity contribution in [2.45, 2.75) is 20.3 Å². The topological polar surface area (TPSA) is 87.0 Å². The van der Waals surface area contributed by atoms with Crippen molar-refractivity contribution in [1.82, 2.24) is 4.90 Å². The van der Waals surface area contributed by atoms with E-state index in [2.05, 4.69) is 4.90 Å². The zero-order valence-corrected chi connectivity index (χ0v) is 17.8. The van der Waals surface area contributed by atoms with Gasteiger partial charge in [-0.1, -0.05) is 12.1 Å². The Morgan fingerprint density at radius 1 is 1.03 bits per heavy atom. The second-order valence-corrected chi connectivity index (χ2v) is 8.28. The van der Waals surface area contributed by atoms with Crippen molar-refractivity contribution in [2.24, 2.45) is 5.92 Å². The first-order chi connectivity index (χ1) is 14.8. The molecule has 31 heavy (non-hydrogen) atoms. The fourth-order valence-corrected chi connectivity index (χ4v) is 4.34. The highest BCUT2D eigenvalue weighted by Crippen LogP contribution is 2.30. The Kier molecular flexibility index (Phi) is 5.63. The molecule has 8 nitrogen and oxygen atoms in total. The maximum absolute atomic E-state index is 13.1. The van der Waals surface area contributed by atoms with Gasteiger partial charge in [-0.05, 0) is 43.2 Å². The molecule has 162 valence electrons. The maximum atomic E-state index is 13.1. The van der Waals surface area contributed by atoms with Gasteiger partial charge in [0, 0.05) is 62.7 Å². The monoisotopic (exact) mass is 422 g/mol. The van der Waals surface area contributed by atoms with Crippen LogP contribution in [-0.4, -0.2) is 54.4 Å². The molecule has 1 atom stereocenters. The lowest BCUT2D eigenvalue weighted by Crippen LogP contribution is -2.50. The van der Waals surface area contributed by atoms with Crippen LogP contribution in [0.5, 0.6) is 0 Å². The highest BCUT2D eigenvalue weighted by Gasteiger charge is 2.38. The van der Waals surface area contributed by atoms with Crippen LogP contribution in [0.3, 0.4) is 0 Å². The Balaban J connectivity index is 1.37. The van der Waals surface area contributed by atoms with Gasteiger partial charge in [0.2, 0.25) is 11.8 Å². The SMILES string of the molecule is Cc1ccc(C)c(N2CC(C(=O)N3CCN(c4ccc([N+](=O)[O-])cc4)CC3)CC2=O)c1. The third-order valence-electron chi connectivity index (χ3n) is 6.15. The Morgan fingerprint density at radius 2 is 1.71 bits per heavy atom. The third-order valence-corrected chi connectivity index (χ3v) is 6.15. The molecular formula is C23H26N4O4. The van der Waals surface area contributed by atoms with Crippen molar-refractivity contribution < 1.29 is 14.5 Å². The summed E-state index contributed by atoms with van der Waals surface area (Å²) < 4.78 is 0. The highest BCUT2D eigenvalue weighted by molar-refractivity contribution is 6.01. The summed E-state index contributed by atoms with van der Waals surface area (Å²) in [6, 6.07) is 12.5. The first kappa shape index (κ1) is 20.8. The van der Waals surface area contributed by atoms with Crippen molar-refractivity contribution in [3.05, 3.63) is 63.7 Å². The number of nitro groups is 1. The summed E-state index contributed by atoms with van der Waals surface area (Å²) in [5.41, 5.74) is 3.99. The maximum Gasteiger partial charge on any atom is 0.269 e. The fourth-order valence-electron chi connectivity index (χ4n) is 4.34. The van der Waals surface area contributed by atoms with Crippen LogP contribution in [0.2, 0.25) is 0 Å². The van der Waals surface area contributed by atoms with Crippen LogP contribution in [0.1, 0.15) is 17.5 Å². The van der Waals surface area contributed by atoms with Crippen LogP contribution >= 0.6 is 0 Å². The number of anilines is 2. The zero-order valence-electron chi connectivity index (χ0n) is 17.8. The molecule has 0 spiro atoms. The Labute approximate surface area is 181 Å². The van der Waals surface area contributed by atoms with Gasteiger partial charge in [-0.15, -0.1) is 0 Å². The van der Waals surface area contributed by atoms with Gasteiger partial charge in [0.05, 0.1) is 10.8 Å². The fraction of sp³-hybridized carbons (Fsp3) is 0.391. The van der Waals surface area contributed by atoms with Crippen molar-refractivity contribution in [3.8, 4) is 0 Å². The second-order valence-electron chi connectivity index (χ2n) is 8.28. The number of non-ortho nitro benzene ring substituents is 1. The molecule has 2 aliphatic rings. The van der Waals surface area contributed by atoms with Crippen LogP contribution < -0.4 is 9.80 Å². The summed E-state index contributed by atoms with van der Waals surface area (Å²) in [4.78, 5) is 41.9. The summed E-state index contributed by atoms with van der Waals surface area (Å²) in [5.74, 6) is -0.292. The molecule has 2 aromatic rings. The standard InChI is InChI=1S/C23H26N4O4/c1-16-3-4-17(2)21(13-16)26-15-18(14-22(26)28)23(29)25-11-9-24(10-12-25)19-5-7-20(8-6-19)27(30)31/h3-8,13,18H,9-12,14-15H2,1-2H3. The minimum atomic E-state index is -0.412. The molecule has 0 N–H and O–H groups in total. The molecule has 8 heteroatoms. The molecule has 2 aliphatic heterocycles. The Hall–Kier alpha value is -3.42. The quantitative estimate of drug-likeness (QED) is 0.559. The minimum Gasteiger partial charge on any atom is -0.368 e. The van der Waals surface area contributed by atoms with Crippen LogP contribution in [-0.2, 0) is 9.59 Å². The summed E-state index contributed by atoms with van der Waals surface area (Å²) in [6.07, 6.45) is 0.245. The molecule has 0 radical (unpaired) electrons. The van der Waals surface area contributed by atoms with E-state index in [0.29, 0.717) is 32.7 Å². The summed E-state index contributed by atoms with van der Waals surface area (Å²) >= 11 is 0. The molecule has 1 unspecified atom stereocenters. The van der Waals surface area contributed by atoms with E-state index in [-0.39, 0.29) is 29.8 Å². The molecule has 0 aliphatic carbocycles. The normalized spacial score (nSPS) is 19.1. The molecule has 2 saturated heterocycles. The molecule has 0 saturated carbocycles. The van der Waals surface area contributed by atoms with Gasteiger partial charge >= 0.3 is 0 Å². The van der Waals surface area contributed by atoms with E-state index in [9.17, 15) is 19.7 Å². The Morgan fingerprint density at radius 3 is 2.35 bits per heavy atom. The minimum absolute atomic E-state index is 0.00318. The van der Waals surface area contributed by atoms with E-state index in [0.717, 1.165) is 22.5 Å². The van der Waals surface area contributed by atoms with E-state index in [1.165, 1.54) is 12.1 Å². The molecular weight excluding hydrogens is 396 g/mol. The van der Waals surface area contributed by atoms with Gasteiger partial charge in [-0.2, -0.15) is 0 Å². The number of nitrogens with zero attached hydrogens (tertiary/aromatic N) is 4. The summed E-state index contributed by atoms with van der Waals surface area (Å²) in [5, 5.41) is 10.8. The van der Waals surface area contributed by atoms with Crippen molar-refractivity contribution in [3.63, 3.8) is 0 Å². The van der Waals surface area contributed by atoms with Crippen molar-refractivity contribution in [2.75, 3.05) is 42.5 Å². The predicted molar refractivity (Wildman–Crippen MR) is 118 cm³/mol. The van der Waals surface area contributed by atoms with Gasteiger partial charge in [-0.25, -0.2) is 0 Å². The average Bonchev–Trinajstić information content (AvgIpc) is 3.16. The lowest BCUT2D eigenvalue weighted by Gasteiger charge is -2.37. The van der Waals surface area contributed by atoms with Gasteiger partial charge < -0.3 is 14.7 Å². The number of hydrogen-bond acceptors (Lipinski definition) is 5. The summed E-state index contributed by atoms with van der Waals surface area (Å²) in [7, 11) is 0. The lowest BCUT2D eigenvalue weighted by molar-refractivity contribution is -0.384. The smallest absolute Gasteiger partial charge is 0.269 e.